The molecule has 0 bridgehead atoms. The van der Waals surface area contributed by atoms with Crippen LogP contribution in [0.3, 0.4) is 0 Å². The van der Waals surface area contributed by atoms with Crippen molar-refractivity contribution in [3.8, 4) is 11.5 Å². The van der Waals surface area contributed by atoms with Crippen molar-refractivity contribution in [2.45, 2.75) is 0 Å². The molecule has 5 heteroatoms. The van der Waals surface area contributed by atoms with Crippen LogP contribution < -0.4 is 0 Å². The van der Waals surface area contributed by atoms with Gasteiger partial charge in [0.05, 0.1) is 5.56 Å². The van der Waals surface area contributed by atoms with Gasteiger partial charge in [0.15, 0.2) is 5.58 Å². The van der Waals surface area contributed by atoms with Crippen molar-refractivity contribution in [2.24, 2.45) is 0 Å². The molecule has 19 heavy (non-hydrogen) atoms. The Morgan fingerprint density at radius 2 is 1.95 bits per heavy atom. The summed E-state index contributed by atoms with van der Waals surface area (Å²) in [5.74, 6) is -2.07. The molecule has 0 unspecified atom stereocenters. The number of fused-ring (bicyclic) bond motifs is 1. The van der Waals surface area contributed by atoms with Crippen LogP contribution in [0.15, 0.2) is 46.9 Å². The maximum absolute atomic E-state index is 13.6. The minimum atomic E-state index is -1.35. The van der Waals surface area contributed by atoms with E-state index in [9.17, 15) is 9.18 Å². The highest BCUT2D eigenvalue weighted by atomic mass is 19.1. The molecule has 1 N–H and O–H groups in total. The molecule has 0 saturated carbocycles. The van der Waals surface area contributed by atoms with E-state index in [2.05, 4.69) is 4.98 Å². The van der Waals surface area contributed by atoms with Gasteiger partial charge in [-0.3, -0.25) is 0 Å². The molecule has 3 rings (SSSR count). The van der Waals surface area contributed by atoms with Gasteiger partial charge < -0.3 is 9.52 Å². The molecule has 94 valence electrons. The third-order valence-electron chi connectivity index (χ3n) is 2.75. The summed E-state index contributed by atoms with van der Waals surface area (Å²) >= 11 is 0. The number of carboxylic acids is 1. The Kier molecular flexibility index (Phi) is 2.52. The molecule has 0 atom stereocenters. The molecule has 0 aliphatic rings. The van der Waals surface area contributed by atoms with Gasteiger partial charge in [-0.15, -0.1) is 0 Å². The number of aromatic nitrogens is 1. The number of rotatable bonds is 2. The molecule has 4 nitrogen and oxygen atoms in total. The third-order valence-corrected chi connectivity index (χ3v) is 2.75. The summed E-state index contributed by atoms with van der Waals surface area (Å²) in [4.78, 5) is 15.3. The summed E-state index contributed by atoms with van der Waals surface area (Å²) in [5, 5.41) is 9.07. The van der Waals surface area contributed by atoms with Crippen molar-refractivity contribution >= 4 is 17.1 Å². The number of nitrogens with zero attached hydrogens (tertiary/aromatic N) is 1. The van der Waals surface area contributed by atoms with Gasteiger partial charge in [-0.05, 0) is 24.3 Å². The van der Waals surface area contributed by atoms with Crippen LogP contribution >= 0.6 is 0 Å². The van der Waals surface area contributed by atoms with Gasteiger partial charge in [0.2, 0.25) is 5.89 Å². The number of aromatic carboxylic acids is 1. The average Bonchev–Trinajstić information content (AvgIpc) is 2.81. The van der Waals surface area contributed by atoms with Crippen LogP contribution in [0.25, 0.3) is 22.6 Å². The first-order valence-corrected chi connectivity index (χ1v) is 5.54. The Morgan fingerprint density at radius 3 is 2.68 bits per heavy atom. The first-order chi connectivity index (χ1) is 9.16. The third kappa shape index (κ3) is 1.85. The standard InChI is InChI=1S/C14H8FNO3/c15-9-5-3-4-8(12(9)14(17)18)13-16-10-6-1-2-7-11(10)19-13/h1-7H,(H,17,18). The lowest BCUT2D eigenvalue weighted by atomic mass is 10.1. The van der Waals surface area contributed by atoms with E-state index in [1.807, 2.05) is 0 Å². The highest BCUT2D eigenvalue weighted by Gasteiger charge is 2.20. The normalized spacial score (nSPS) is 10.8. The van der Waals surface area contributed by atoms with Crippen molar-refractivity contribution in [1.82, 2.24) is 4.98 Å². The lowest BCUT2D eigenvalue weighted by Gasteiger charge is -2.02. The SMILES string of the molecule is O=C(O)c1c(F)cccc1-c1nc2ccccc2o1. The molecule has 0 radical (unpaired) electrons. The minimum absolute atomic E-state index is 0.0955. The molecule has 0 fully saturated rings. The summed E-state index contributed by atoms with van der Waals surface area (Å²) < 4.78 is 19.1. The largest absolute Gasteiger partial charge is 0.478 e. The van der Waals surface area contributed by atoms with Crippen molar-refractivity contribution < 1.29 is 18.7 Å². The first kappa shape index (κ1) is 11.4. The fraction of sp³-hybridized carbons (Fsp3) is 0. The molecule has 0 aliphatic carbocycles. The molecule has 2 aromatic carbocycles. The van der Waals surface area contributed by atoms with Gasteiger partial charge in [-0.1, -0.05) is 18.2 Å². The first-order valence-electron chi connectivity index (χ1n) is 5.54. The van der Waals surface area contributed by atoms with Crippen molar-refractivity contribution in [2.75, 3.05) is 0 Å². The Hall–Kier alpha value is -2.69. The van der Waals surface area contributed by atoms with E-state index >= 15 is 0 Å². The van der Waals surface area contributed by atoms with Crippen LogP contribution in [0.2, 0.25) is 0 Å². The quantitative estimate of drug-likeness (QED) is 0.764. The Bertz CT molecular complexity index is 746. The number of hydrogen-bond donors (Lipinski definition) is 1. The van der Waals surface area contributed by atoms with Crippen LogP contribution in [0, 0.1) is 5.82 Å². The molecule has 0 aliphatic heterocycles. The van der Waals surface area contributed by atoms with E-state index in [0.717, 1.165) is 6.07 Å². The topological polar surface area (TPSA) is 63.3 Å². The molecular formula is C14H8FNO3. The summed E-state index contributed by atoms with van der Waals surface area (Å²) in [6, 6.07) is 11.0. The molecule has 0 spiro atoms. The maximum Gasteiger partial charge on any atom is 0.339 e. The van der Waals surface area contributed by atoms with Crippen LogP contribution in [-0.2, 0) is 0 Å². The van der Waals surface area contributed by atoms with Gasteiger partial charge >= 0.3 is 5.97 Å². The summed E-state index contributed by atoms with van der Waals surface area (Å²) in [7, 11) is 0. The summed E-state index contributed by atoms with van der Waals surface area (Å²) in [6.45, 7) is 0. The fourth-order valence-electron chi connectivity index (χ4n) is 1.91. The smallest absolute Gasteiger partial charge is 0.339 e. The molecule has 1 heterocycles. The number of oxazole rings is 1. The van der Waals surface area contributed by atoms with Gasteiger partial charge in [0.25, 0.3) is 0 Å². The lowest BCUT2D eigenvalue weighted by Crippen LogP contribution is -2.03. The monoisotopic (exact) mass is 257 g/mol. The van der Waals surface area contributed by atoms with Gasteiger partial charge in [-0.2, -0.15) is 0 Å². The van der Waals surface area contributed by atoms with Crippen molar-refractivity contribution in [3.05, 3.63) is 53.8 Å². The van der Waals surface area contributed by atoms with Crippen LogP contribution in [-0.4, -0.2) is 16.1 Å². The number of para-hydroxylation sites is 2. The molecule has 1 aromatic heterocycles. The maximum atomic E-state index is 13.6. The molecule has 3 aromatic rings. The highest BCUT2D eigenvalue weighted by molar-refractivity contribution is 5.95. The predicted octanol–water partition coefficient (Wildman–Crippen LogP) is 3.33. The zero-order valence-electron chi connectivity index (χ0n) is 9.63. The highest BCUT2D eigenvalue weighted by Crippen LogP contribution is 2.28. The van der Waals surface area contributed by atoms with Crippen molar-refractivity contribution in [3.63, 3.8) is 0 Å². The summed E-state index contributed by atoms with van der Waals surface area (Å²) in [5.41, 5.74) is 0.814. The van der Waals surface area contributed by atoms with Gasteiger partial charge in [0, 0.05) is 0 Å². The number of carboxylic acid groups (broad SMARTS) is 1. The number of halogens is 1. The van der Waals surface area contributed by atoms with E-state index < -0.39 is 17.3 Å². The lowest BCUT2D eigenvalue weighted by molar-refractivity contribution is 0.0692. The van der Waals surface area contributed by atoms with Gasteiger partial charge in [-0.25, -0.2) is 14.2 Å². The number of carbonyl (C=O) groups is 1. The molecule has 0 amide bonds. The fourth-order valence-corrected chi connectivity index (χ4v) is 1.91. The summed E-state index contributed by atoms with van der Waals surface area (Å²) in [6.07, 6.45) is 0. The number of hydrogen-bond acceptors (Lipinski definition) is 3. The molecular weight excluding hydrogens is 249 g/mol. The second-order valence-corrected chi connectivity index (χ2v) is 3.95. The van der Waals surface area contributed by atoms with Crippen molar-refractivity contribution in [1.29, 1.82) is 0 Å². The second kappa shape index (κ2) is 4.20. The Morgan fingerprint density at radius 1 is 1.16 bits per heavy atom. The van der Waals surface area contributed by atoms with Crippen LogP contribution in [0.4, 0.5) is 4.39 Å². The minimum Gasteiger partial charge on any atom is -0.478 e. The van der Waals surface area contributed by atoms with Gasteiger partial charge in [0.1, 0.15) is 16.9 Å². The second-order valence-electron chi connectivity index (χ2n) is 3.95. The van der Waals surface area contributed by atoms with Crippen LogP contribution in [0.5, 0.6) is 0 Å². The van der Waals surface area contributed by atoms with E-state index in [-0.39, 0.29) is 11.5 Å². The van der Waals surface area contributed by atoms with E-state index in [1.54, 1.807) is 24.3 Å². The Balaban J connectivity index is 2.27. The van der Waals surface area contributed by atoms with E-state index in [4.69, 9.17) is 9.52 Å². The van der Waals surface area contributed by atoms with E-state index in [1.165, 1.54) is 12.1 Å². The zero-order chi connectivity index (χ0) is 13.4. The predicted molar refractivity (Wildman–Crippen MR) is 66.4 cm³/mol. The average molecular weight is 257 g/mol. The van der Waals surface area contributed by atoms with Crippen LogP contribution in [0.1, 0.15) is 10.4 Å². The van der Waals surface area contributed by atoms with E-state index in [0.29, 0.717) is 11.1 Å². The molecule has 0 saturated heterocycles. The zero-order valence-corrected chi connectivity index (χ0v) is 9.63. The Labute approximate surface area is 107 Å². The number of benzene rings is 2.